The number of methoxy groups -OCH3 is 2. The van der Waals surface area contributed by atoms with E-state index >= 15 is 0 Å². The molecule has 3 rings (SSSR count). The number of amides is 2. The Hall–Kier alpha value is -4.17. The molecule has 180 valence electrons. The van der Waals surface area contributed by atoms with Gasteiger partial charge in [-0.25, -0.2) is 9.18 Å². The maximum absolute atomic E-state index is 13.1. The lowest BCUT2D eigenvalue weighted by molar-refractivity contribution is -0.150. The molecular weight excluding hydrogens is 477 g/mol. The third kappa shape index (κ3) is 5.85. The van der Waals surface area contributed by atoms with E-state index in [1.807, 2.05) is 6.07 Å². The normalized spacial score (nSPS) is 17.1. The molecule has 2 N–H and O–H groups in total. The monoisotopic (exact) mass is 497 g/mol. The zero-order valence-electron chi connectivity index (χ0n) is 18.7. The van der Waals surface area contributed by atoms with Gasteiger partial charge in [0.25, 0.3) is 0 Å². The van der Waals surface area contributed by atoms with Crippen LogP contribution in [0.1, 0.15) is 21.8 Å². The van der Waals surface area contributed by atoms with Crippen LogP contribution in [-0.4, -0.2) is 43.7 Å². The number of thioether (sulfide) groups is 1. The lowest BCUT2D eigenvalue weighted by atomic mass is 9.78. The van der Waals surface area contributed by atoms with Crippen molar-refractivity contribution in [3.05, 3.63) is 76.1 Å². The SMILES string of the molecule is COC(=O)c1ccc([C@@H]2C(C#N)=C(SCC(=O)Nc3ccc(F)cc3)NC(=O)[C@H]2C(=O)OC)cc1. The number of anilines is 1. The van der Waals surface area contributed by atoms with Gasteiger partial charge in [-0.15, -0.1) is 0 Å². The van der Waals surface area contributed by atoms with E-state index in [1.54, 1.807) is 0 Å². The predicted molar refractivity (Wildman–Crippen MR) is 124 cm³/mol. The second-order valence-corrected chi connectivity index (χ2v) is 8.27. The third-order valence-electron chi connectivity index (χ3n) is 5.15. The third-order valence-corrected chi connectivity index (χ3v) is 6.17. The molecule has 0 saturated carbocycles. The molecule has 0 spiro atoms. The van der Waals surface area contributed by atoms with E-state index in [1.165, 1.54) is 55.6 Å². The lowest BCUT2D eigenvalue weighted by Gasteiger charge is -2.31. The highest BCUT2D eigenvalue weighted by atomic mass is 32.2. The molecule has 0 bridgehead atoms. The van der Waals surface area contributed by atoms with Crippen LogP contribution in [0.2, 0.25) is 0 Å². The van der Waals surface area contributed by atoms with Gasteiger partial charge in [-0.3, -0.25) is 14.4 Å². The molecule has 35 heavy (non-hydrogen) atoms. The van der Waals surface area contributed by atoms with Gasteiger partial charge >= 0.3 is 11.9 Å². The molecule has 0 fully saturated rings. The Balaban J connectivity index is 1.90. The second kappa shape index (κ2) is 11.3. The zero-order valence-corrected chi connectivity index (χ0v) is 19.5. The van der Waals surface area contributed by atoms with Crippen molar-refractivity contribution in [1.82, 2.24) is 5.32 Å². The predicted octanol–water partition coefficient (Wildman–Crippen LogP) is 2.72. The summed E-state index contributed by atoms with van der Waals surface area (Å²) in [6, 6.07) is 13.2. The molecule has 1 aliphatic heterocycles. The molecular formula is C24H20FN3O6S. The van der Waals surface area contributed by atoms with Crippen LogP contribution in [0.15, 0.2) is 59.1 Å². The Morgan fingerprint density at radius 3 is 2.31 bits per heavy atom. The van der Waals surface area contributed by atoms with Gasteiger partial charge in [-0.1, -0.05) is 23.9 Å². The van der Waals surface area contributed by atoms with Crippen LogP contribution in [0.4, 0.5) is 10.1 Å². The van der Waals surface area contributed by atoms with E-state index in [-0.39, 0.29) is 21.9 Å². The number of carbonyl (C=O) groups is 4. The number of ether oxygens (including phenoxy) is 2. The van der Waals surface area contributed by atoms with Crippen LogP contribution in [0.5, 0.6) is 0 Å². The number of hydrogen-bond acceptors (Lipinski definition) is 8. The minimum absolute atomic E-state index is 0.0606. The number of esters is 2. The van der Waals surface area contributed by atoms with E-state index in [0.717, 1.165) is 18.9 Å². The number of nitriles is 1. The Morgan fingerprint density at radius 2 is 1.74 bits per heavy atom. The molecule has 0 aliphatic carbocycles. The zero-order chi connectivity index (χ0) is 25.5. The van der Waals surface area contributed by atoms with Gasteiger partial charge in [-0.2, -0.15) is 5.26 Å². The van der Waals surface area contributed by atoms with Crippen LogP contribution >= 0.6 is 11.8 Å². The van der Waals surface area contributed by atoms with Crippen LogP contribution in [-0.2, 0) is 23.9 Å². The van der Waals surface area contributed by atoms with Crippen LogP contribution < -0.4 is 10.6 Å². The van der Waals surface area contributed by atoms with E-state index < -0.39 is 41.4 Å². The summed E-state index contributed by atoms with van der Waals surface area (Å²) in [7, 11) is 2.37. The maximum atomic E-state index is 13.1. The first-order valence-electron chi connectivity index (χ1n) is 10.2. The number of allylic oxidation sites excluding steroid dienone is 1. The number of nitrogens with zero attached hydrogens (tertiary/aromatic N) is 1. The van der Waals surface area contributed by atoms with Gasteiger partial charge in [0, 0.05) is 11.6 Å². The summed E-state index contributed by atoms with van der Waals surface area (Å²) in [6.45, 7) is 0. The number of halogens is 1. The molecule has 2 aromatic rings. The number of benzene rings is 2. The first kappa shape index (κ1) is 25.5. The van der Waals surface area contributed by atoms with Gasteiger partial charge in [0.2, 0.25) is 11.8 Å². The lowest BCUT2D eigenvalue weighted by Crippen LogP contribution is -2.44. The van der Waals surface area contributed by atoms with Crippen molar-refractivity contribution in [1.29, 1.82) is 5.26 Å². The fourth-order valence-corrected chi connectivity index (χ4v) is 4.34. The Bertz CT molecular complexity index is 1220. The number of nitrogens with one attached hydrogen (secondary N) is 2. The summed E-state index contributed by atoms with van der Waals surface area (Å²) in [5.41, 5.74) is 1.12. The minimum atomic E-state index is -1.35. The fourth-order valence-electron chi connectivity index (χ4n) is 3.49. The van der Waals surface area contributed by atoms with Crippen LogP contribution in [0.25, 0.3) is 0 Å². The molecule has 0 unspecified atom stereocenters. The van der Waals surface area contributed by atoms with Crippen molar-refractivity contribution in [2.24, 2.45) is 5.92 Å². The standard InChI is InChI=1S/C24H20FN3O6S/c1-33-23(31)14-5-3-13(4-6-14)19-17(11-26)22(28-21(30)20(19)24(32)34-2)35-12-18(29)27-16-9-7-15(25)8-10-16/h3-10,19-20H,12H2,1-2H3,(H,27,29)(H,28,30)/t19-,20+/m1/s1. The van der Waals surface area contributed by atoms with E-state index in [4.69, 9.17) is 4.74 Å². The molecule has 2 atom stereocenters. The fraction of sp³-hybridized carbons (Fsp3) is 0.208. The highest BCUT2D eigenvalue weighted by Crippen LogP contribution is 2.40. The first-order chi connectivity index (χ1) is 16.8. The molecule has 2 aromatic carbocycles. The molecule has 11 heteroatoms. The van der Waals surface area contributed by atoms with Gasteiger partial charge in [0.05, 0.1) is 42.2 Å². The molecule has 0 aromatic heterocycles. The summed E-state index contributed by atoms with van der Waals surface area (Å²) < 4.78 is 22.5. The molecule has 1 aliphatic rings. The quantitative estimate of drug-likeness (QED) is 0.441. The molecule has 0 saturated heterocycles. The van der Waals surface area contributed by atoms with Crippen LogP contribution in [0, 0.1) is 23.1 Å². The van der Waals surface area contributed by atoms with Crippen molar-refractivity contribution >= 4 is 41.2 Å². The minimum Gasteiger partial charge on any atom is -0.468 e. The Labute approximate surface area is 204 Å². The van der Waals surface area contributed by atoms with Crippen molar-refractivity contribution < 1.29 is 33.0 Å². The molecule has 2 amide bonds. The van der Waals surface area contributed by atoms with Gasteiger partial charge in [0.15, 0.2) is 0 Å². The number of rotatable bonds is 7. The molecule has 0 radical (unpaired) electrons. The average molecular weight is 498 g/mol. The Kier molecular flexibility index (Phi) is 8.22. The summed E-state index contributed by atoms with van der Waals surface area (Å²) in [5, 5.41) is 15.2. The smallest absolute Gasteiger partial charge is 0.337 e. The summed E-state index contributed by atoms with van der Waals surface area (Å²) in [4.78, 5) is 49.4. The van der Waals surface area contributed by atoms with Crippen molar-refractivity contribution in [2.45, 2.75) is 5.92 Å². The van der Waals surface area contributed by atoms with Gasteiger partial charge in [-0.05, 0) is 42.0 Å². The summed E-state index contributed by atoms with van der Waals surface area (Å²) >= 11 is 0.909. The van der Waals surface area contributed by atoms with E-state index in [2.05, 4.69) is 15.4 Å². The first-order valence-corrected chi connectivity index (χ1v) is 11.2. The van der Waals surface area contributed by atoms with E-state index in [9.17, 15) is 28.8 Å². The second-order valence-electron chi connectivity index (χ2n) is 7.28. The maximum Gasteiger partial charge on any atom is 0.337 e. The van der Waals surface area contributed by atoms with Gasteiger partial charge in [0.1, 0.15) is 11.7 Å². The average Bonchev–Trinajstić information content (AvgIpc) is 2.87. The van der Waals surface area contributed by atoms with Crippen molar-refractivity contribution in [3.63, 3.8) is 0 Å². The van der Waals surface area contributed by atoms with Crippen LogP contribution in [0.3, 0.4) is 0 Å². The summed E-state index contributed by atoms with van der Waals surface area (Å²) in [6.07, 6.45) is 0. The number of carbonyl (C=O) groups excluding carboxylic acids is 4. The molecule has 9 nitrogen and oxygen atoms in total. The largest absolute Gasteiger partial charge is 0.468 e. The van der Waals surface area contributed by atoms with Crippen molar-refractivity contribution in [2.75, 3.05) is 25.3 Å². The highest BCUT2D eigenvalue weighted by molar-refractivity contribution is 8.03. The topological polar surface area (TPSA) is 135 Å². The summed E-state index contributed by atoms with van der Waals surface area (Å²) in [5.74, 6) is -5.52. The van der Waals surface area contributed by atoms with Gasteiger partial charge < -0.3 is 20.1 Å². The highest BCUT2D eigenvalue weighted by Gasteiger charge is 2.44. The number of hydrogen-bond donors (Lipinski definition) is 2. The molecule has 1 heterocycles. The Morgan fingerprint density at radius 1 is 1.09 bits per heavy atom. The van der Waals surface area contributed by atoms with E-state index in [0.29, 0.717) is 11.3 Å². The van der Waals surface area contributed by atoms with Crippen molar-refractivity contribution in [3.8, 4) is 6.07 Å².